The van der Waals surface area contributed by atoms with Gasteiger partial charge in [-0.05, 0) is 31.1 Å². The molecule has 1 aliphatic heterocycles. The topological polar surface area (TPSA) is 47.9 Å². The Morgan fingerprint density at radius 3 is 2.67 bits per heavy atom. The van der Waals surface area contributed by atoms with Gasteiger partial charge in [0.1, 0.15) is 0 Å². The molecule has 0 aromatic heterocycles. The Morgan fingerprint density at radius 1 is 1.33 bits per heavy atom. The van der Waals surface area contributed by atoms with Gasteiger partial charge in [-0.1, -0.05) is 32.9 Å². The van der Waals surface area contributed by atoms with Gasteiger partial charge in [0, 0.05) is 40.4 Å². The van der Waals surface area contributed by atoms with E-state index >= 15 is 0 Å². The smallest absolute Gasteiger partial charge is 0.168 e. The van der Waals surface area contributed by atoms with Gasteiger partial charge in [-0.3, -0.25) is 0 Å². The van der Waals surface area contributed by atoms with Crippen LogP contribution in [0.4, 0.5) is 0 Å². The highest BCUT2D eigenvalue weighted by atomic mass is 16.7. The summed E-state index contributed by atoms with van der Waals surface area (Å²) in [7, 11) is 1.74. The van der Waals surface area contributed by atoms with Crippen LogP contribution in [0.5, 0.6) is 0 Å². The lowest BCUT2D eigenvalue weighted by Crippen LogP contribution is -2.46. The Hall–Kier alpha value is -0.860. The first-order chi connectivity index (χ1) is 13.5. The van der Waals surface area contributed by atoms with Crippen LogP contribution in [0.25, 0.3) is 0 Å². The van der Waals surface area contributed by atoms with E-state index in [-0.39, 0.29) is 17.4 Å². The van der Waals surface area contributed by atoms with Crippen LogP contribution in [0, 0.1) is 40.9 Å². The lowest BCUT2D eigenvalue weighted by atomic mass is 9.89. The summed E-state index contributed by atoms with van der Waals surface area (Å²) >= 11 is 0. The zero-order valence-electron chi connectivity index (χ0n) is 19.3. The van der Waals surface area contributed by atoms with E-state index in [1.54, 1.807) is 27.0 Å². The normalized spacial score (nSPS) is 38.0. The molecule has 2 aliphatic carbocycles. The molecule has 3 fully saturated rings. The first-order valence-corrected chi connectivity index (χ1v) is 10.1. The van der Waals surface area contributed by atoms with Crippen molar-refractivity contribution in [2.45, 2.75) is 71.3 Å². The van der Waals surface area contributed by atoms with E-state index in [4.69, 9.17) is 17.0 Å². The Morgan fingerprint density at radius 2 is 2.04 bits per heavy atom. The van der Waals surface area contributed by atoms with Crippen LogP contribution in [-0.2, 0) is 14.2 Å². The van der Waals surface area contributed by atoms with Crippen molar-refractivity contribution < 1.29 is 22.1 Å². The van der Waals surface area contributed by atoms with Gasteiger partial charge in [-0.15, -0.1) is 11.8 Å². The molecule has 27 heavy (non-hydrogen) atoms. The summed E-state index contributed by atoms with van der Waals surface area (Å²) < 4.78 is 34.3. The maximum atomic E-state index is 10.6. The van der Waals surface area contributed by atoms with Crippen LogP contribution in [0.15, 0.2) is 12.2 Å². The molecule has 152 valence electrons. The quantitative estimate of drug-likeness (QED) is 0.584. The van der Waals surface area contributed by atoms with Crippen LogP contribution < -0.4 is 0 Å². The summed E-state index contributed by atoms with van der Waals surface area (Å²) in [5, 5.41) is 10.6. The Kier molecular flexibility index (Phi) is 5.56. The summed E-state index contributed by atoms with van der Waals surface area (Å²) in [6, 6.07) is 0. The fourth-order valence-corrected chi connectivity index (χ4v) is 4.77. The predicted molar refractivity (Wildman–Crippen MR) is 106 cm³/mol. The Balaban J connectivity index is 1.69. The van der Waals surface area contributed by atoms with Crippen LogP contribution in [0.2, 0.25) is 0 Å². The van der Waals surface area contributed by atoms with Gasteiger partial charge in [0.05, 0.1) is 25.4 Å². The van der Waals surface area contributed by atoms with E-state index in [9.17, 15) is 5.11 Å². The Labute approximate surface area is 167 Å². The fraction of sp³-hybridized carbons (Fsp3) is 0.826. The molecule has 1 unspecified atom stereocenters. The molecule has 6 atom stereocenters. The van der Waals surface area contributed by atoms with Crippen molar-refractivity contribution in [3.8, 4) is 11.8 Å². The minimum atomic E-state index is -1.73. The second-order valence-corrected chi connectivity index (χ2v) is 9.26. The van der Waals surface area contributed by atoms with E-state index in [0.29, 0.717) is 25.0 Å². The number of hydrogen-bond donors (Lipinski definition) is 1. The second kappa shape index (κ2) is 8.25. The van der Waals surface area contributed by atoms with Crippen molar-refractivity contribution in [2.75, 3.05) is 20.3 Å². The average molecular weight is 379 g/mol. The highest BCUT2D eigenvalue weighted by Crippen LogP contribution is 2.55. The third kappa shape index (κ3) is 4.59. The van der Waals surface area contributed by atoms with Gasteiger partial charge >= 0.3 is 0 Å². The lowest BCUT2D eigenvalue weighted by molar-refractivity contribution is -0.298. The summed E-state index contributed by atoms with van der Waals surface area (Å²) in [5.41, 5.74) is 0.0535. The standard InChI is InChI=1S/C23H36O4/c1-6-7-8-16(2)20(24)10-9-18-19-13-23(12-17(19)11-21(18)25-5)26-14-22(3,4)15-27-23/h9-10,16-21,24H,8,11-15H2,1-5H3/b10-9+/t16?,17-,18-,19+,20-,21-/m1/s1/i8D2. The molecule has 1 spiro atoms. The number of methoxy groups -OCH3 is 1. The largest absolute Gasteiger partial charge is 0.389 e. The van der Waals surface area contributed by atoms with Crippen molar-refractivity contribution in [1.82, 2.24) is 0 Å². The lowest BCUT2D eigenvalue weighted by Gasteiger charge is -2.42. The van der Waals surface area contributed by atoms with E-state index in [1.165, 1.54) is 0 Å². The molecule has 1 heterocycles. The third-order valence-corrected chi connectivity index (χ3v) is 6.41. The molecular formula is C23H36O4. The van der Waals surface area contributed by atoms with Gasteiger partial charge in [0.25, 0.3) is 0 Å². The summed E-state index contributed by atoms with van der Waals surface area (Å²) in [6.07, 6.45) is 3.93. The third-order valence-electron chi connectivity index (χ3n) is 6.41. The molecule has 3 rings (SSSR count). The number of aliphatic hydroxyl groups excluding tert-OH is 1. The van der Waals surface area contributed by atoms with Gasteiger partial charge in [-0.2, -0.15) is 0 Å². The number of rotatable bonds is 5. The molecule has 1 N–H and O–H groups in total. The number of aliphatic hydroxyl groups is 1. The van der Waals surface area contributed by atoms with Gasteiger partial charge in [0.15, 0.2) is 5.79 Å². The van der Waals surface area contributed by atoms with Gasteiger partial charge in [0.2, 0.25) is 0 Å². The maximum absolute atomic E-state index is 10.6. The summed E-state index contributed by atoms with van der Waals surface area (Å²) in [5.74, 6) is 5.11. The first-order valence-electron chi connectivity index (χ1n) is 11.1. The van der Waals surface area contributed by atoms with E-state index in [0.717, 1.165) is 19.3 Å². The predicted octanol–water partition coefficient (Wildman–Crippen LogP) is 3.78. The van der Waals surface area contributed by atoms with Gasteiger partial charge in [-0.25, -0.2) is 0 Å². The maximum Gasteiger partial charge on any atom is 0.168 e. The molecule has 0 amide bonds. The summed E-state index contributed by atoms with van der Waals surface area (Å²) in [6.45, 7) is 9.05. The van der Waals surface area contributed by atoms with E-state index < -0.39 is 24.2 Å². The zero-order valence-corrected chi connectivity index (χ0v) is 17.3. The summed E-state index contributed by atoms with van der Waals surface area (Å²) in [4.78, 5) is 0. The zero-order chi connectivity index (χ0) is 21.4. The van der Waals surface area contributed by atoms with E-state index in [2.05, 4.69) is 25.7 Å². The highest BCUT2D eigenvalue weighted by molar-refractivity contribution is 5.10. The monoisotopic (exact) mass is 378 g/mol. The highest BCUT2D eigenvalue weighted by Gasteiger charge is 2.56. The number of fused-ring (bicyclic) bond motifs is 1. The van der Waals surface area contributed by atoms with Crippen LogP contribution in [0.1, 0.15) is 56.1 Å². The van der Waals surface area contributed by atoms with Crippen molar-refractivity contribution in [3.63, 3.8) is 0 Å². The molecule has 3 aliphatic rings. The minimum absolute atomic E-state index is 0.0535. The molecule has 0 bridgehead atoms. The first kappa shape index (κ1) is 18.2. The molecule has 0 aromatic rings. The SMILES string of the molecule is [2H]C([2H])(C#CC)C(C)[C@H](O)/C=C/[C@@H]1[C@H]2CC3(C[C@H]2C[C@H]1OC)OCC(C)(C)CO3. The van der Waals surface area contributed by atoms with Crippen molar-refractivity contribution in [3.05, 3.63) is 12.2 Å². The molecule has 1 saturated heterocycles. The van der Waals surface area contributed by atoms with Crippen LogP contribution in [0.3, 0.4) is 0 Å². The average Bonchev–Trinajstić information content (AvgIpc) is 3.16. The van der Waals surface area contributed by atoms with Crippen molar-refractivity contribution >= 4 is 0 Å². The van der Waals surface area contributed by atoms with Crippen LogP contribution in [-0.4, -0.2) is 43.4 Å². The molecule has 2 saturated carbocycles. The fourth-order valence-electron chi connectivity index (χ4n) is 4.77. The number of ether oxygens (including phenoxy) is 3. The molecule has 0 radical (unpaired) electrons. The Bertz CT molecular complexity index is 668. The van der Waals surface area contributed by atoms with Crippen LogP contribution >= 0.6 is 0 Å². The molecular weight excluding hydrogens is 340 g/mol. The molecule has 0 aromatic carbocycles. The second-order valence-electron chi connectivity index (χ2n) is 9.26. The van der Waals surface area contributed by atoms with Crippen molar-refractivity contribution in [1.29, 1.82) is 0 Å². The molecule has 4 heteroatoms. The van der Waals surface area contributed by atoms with E-state index in [1.807, 2.05) is 6.08 Å². The van der Waals surface area contributed by atoms with Gasteiger partial charge < -0.3 is 19.3 Å². The van der Waals surface area contributed by atoms with Crippen molar-refractivity contribution in [2.24, 2.45) is 29.1 Å². The molecule has 4 nitrogen and oxygen atoms in total. The number of hydrogen-bond acceptors (Lipinski definition) is 4. The minimum Gasteiger partial charge on any atom is -0.389 e.